The van der Waals surface area contributed by atoms with Gasteiger partial charge in [0.05, 0.1) is 7.11 Å². The highest BCUT2D eigenvalue weighted by molar-refractivity contribution is 5.76. The van der Waals surface area contributed by atoms with E-state index in [2.05, 4.69) is 26.1 Å². The summed E-state index contributed by atoms with van der Waals surface area (Å²) in [5, 5.41) is 3.29. The molecular weight excluding hydrogens is 166 g/mol. The SMILES string of the molecule is COC(=O)C(NC(C)(C)C)C1CC1. The van der Waals surface area contributed by atoms with Crippen LogP contribution in [0.3, 0.4) is 0 Å². The molecule has 1 aliphatic rings. The van der Waals surface area contributed by atoms with Gasteiger partial charge in [-0.15, -0.1) is 0 Å². The highest BCUT2D eigenvalue weighted by Gasteiger charge is 2.38. The van der Waals surface area contributed by atoms with E-state index in [9.17, 15) is 4.79 Å². The summed E-state index contributed by atoms with van der Waals surface area (Å²) in [6.45, 7) is 6.18. The fourth-order valence-corrected chi connectivity index (χ4v) is 1.39. The molecule has 3 nitrogen and oxygen atoms in total. The van der Waals surface area contributed by atoms with Gasteiger partial charge in [0.2, 0.25) is 0 Å². The normalized spacial score (nSPS) is 19.7. The van der Waals surface area contributed by atoms with Crippen LogP contribution in [-0.4, -0.2) is 24.7 Å². The third-order valence-corrected chi connectivity index (χ3v) is 2.14. The van der Waals surface area contributed by atoms with Crippen LogP contribution in [0.5, 0.6) is 0 Å². The number of esters is 1. The van der Waals surface area contributed by atoms with Crippen LogP contribution in [0.4, 0.5) is 0 Å². The molecule has 13 heavy (non-hydrogen) atoms. The first-order chi connectivity index (χ1) is 5.94. The third-order valence-electron chi connectivity index (χ3n) is 2.14. The first-order valence-electron chi connectivity index (χ1n) is 4.79. The molecule has 0 aromatic carbocycles. The molecule has 1 fully saturated rings. The number of rotatable bonds is 3. The largest absolute Gasteiger partial charge is 0.468 e. The van der Waals surface area contributed by atoms with Crippen molar-refractivity contribution < 1.29 is 9.53 Å². The van der Waals surface area contributed by atoms with E-state index < -0.39 is 0 Å². The Morgan fingerprint density at radius 3 is 2.31 bits per heavy atom. The van der Waals surface area contributed by atoms with Crippen LogP contribution in [0.1, 0.15) is 33.6 Å². The van der Waals surface area contributed by atoms with Crippen LogP contribution in [0, 0.1) is 5.92 Å². The molecule has 0 spiro atoms. The molecule has 1 saturated carbocycles. The summed E-state index contributed by atoms with van der Waals surface area (Å²) < 4.78 is 4.76. The molecule has 0 aliphatic heterocycles. The van der Waals surface area contributed by atoms with E-state index in [0.29, 0.717) is 5.92 Å². The quantitative estimate of drug-likeness (QED) is 0.674. The monoisotopic (exact) mass is 185 g/mol. The highest BCUT2D eigenvalue weighted by atomic mass is 16.5. The first kappa shape index (κ1) is 10.5. The summed E-state index contributed by atoms with van der Waals surface area (Å²) in [4.78, 5) is 11.4. The van der Waals surface area contributed by atoms with Gasteiger partial charge in [0.1, 0.15) is 6.04 Å². The van der Waals surface area contributed by atoms with E-state index in [4.69, 9.17) is 4.74 Å². The van der Waals surface area contributed by atoms with Crippen LogP contribution < -0.4 is 5.32 Å². The van der Waals surface area contributed by atoms with Crippen LogP contribution in [0.2, 0.25) is 0 Å². The van der Waals surface area contributed by atoms with Gasteiger partial charge in [0, 0.05) is 5.54 Å². The Morgan fingerprint density at radius 1 is 1.46 bits per heavy atom. The molecule has 0 bridgehead atoms. The molecule has 3 heteroatoms. The Kier molecular flexibility index (Phi) is 2.96. The van der Waals surface area contributed by atoms with E-state index in [1.165, 1.54) is 7.11 Å². The molecular formula is C10H19NO2. The van der Waals surface area contributed by atoms with E-state index >= 15 is 0 Å². The van der Waals surface area contributed by atoms with Crippen LogP contribution in [0.15, 0.2) is 0 Å². The number of ether oxygens (including phenoxy) is 1. The van der Waals surface area contributed by atoms with Gasteiger partial charge < -0.3 is 4.74 Å². The zero-order chi connectivity index (χ0) is 10.1. The van der Waals surface area contributed by atoms with Crippen molar-refractivity contribution in [3.8, 4) is 0 Å². The summed E-state index contributed by atoms with van der Waals surface area (Å²) in [6.07, 6.45) is 2.28. The number of carbonyl (C=O) groups is 1. The summed E-state index contributed by atoms with van der Waals surface area (Å²) in [7, 11) is 1.45. The Morgan fingerprint density at radius 2 is 2.00 bits per heavy atom. The Labute approximate surface area is 79.8 Å². The van der Waals surface area contributed by atoms with E-state index in [1.54, 1.807) is 0 Å². The molecule has 0 amide bonds. The Balaban J connectivity index is 2.52. The van der Waals surface area contributed by atoms with E-state index in [1.807, 2.05) is 0 Å². The van der Waals surface area contributed by atoms with Crippen molar-refractivity contribution >= 4 is 5.97 Å². The van der Waals surface area contributed by atoms with Gasteiger partial charge in [-0.3, -0.25) is 10.1 Å². The number of hydrogen-bond acceptors (Lipinski definition) is 3. The van der Waals surface area contributed by atoms with Crippen molar-refractivity contribution in [2.45, 2.75) is 45.2 Å². The zero-order valence-electron chi connectivity index (χ0n) is 8.89. The lowest BCUT2D eigenvalue weighted by Gasteiger charge is -2.26. The molecule has 1 rings (SSSR count). The average molecular weight is 185 g/mol. The Bertz CT molecular complexity index is 192. The average Bonchev–Trinajstić information content (AvgIpc) is 2.79. The van der Waals surface area contributed by atoms with Gasteiger partial charge in [-0.25, -0.2) is 0 Å². The molecule has 76 valence electrons. The number of hydrogen-bond donors (Lipinski definition) is 1. The second-order valence-electron chi connectivity index (χ2n) is 4.73. The lowest BCUT2D eigenvalue weighted by molar-refractivity contribution is -0.144. The maximum absolute atomic E-state index is 11.4. The minimum atomic E-state index is -0.127. The molecule has 0 saturated heterocycles. The number of carbonyl (C=O) groups excluding carboxylic acids is 1. The Hall–Kier alpha value is -0.570. The molecule has 0 aromatic rings. The van der Waals surface area contributed by atoms with Crippen molar-refractivity contribution in [3.63, 3.8) is 0 Å². The maximum atomic E-state index is 11.4. The van der Waals surface area contributed by atoms with Crippen molar-refractivity contribution in [2.24, 2.45) is 5.92 Å². The van der Waals surface area contributed by atoms with Crippen molar-refractivity contribution in [2.75, 3.05) is 7.11 Å². The summed E-state index contributed by atoms with van der Waals surface area (Å²) in [6, 6.07) is -0.106. The minimum absolute atomic E-state index is 0.0263. The van der Waals surface area contributed by atoms with Crippen LogP contribution in [-0.2, 0) is 9.53 Å². The number of nitrogens with one attached hydrogen (secondary N) is 1. The van der Waals surface area contributed by atoms with Gasteiger partial charge >= 0.3 is 5.97 Å². The lowest BCUT2D eigenvalue weighted by Crippen LogP contribution is -2.49. The first-order valence-corrected chi connectivity index (χ1v) is 4.79. The van der Waals surface area contributed by atoms with E-state index in [-0.39, 0.29) is 17.6 Å². The fourth-order valence-electron chi connectivity index (χ4n) is 1.39. The molecule has 0 radical (unpaired) electrons. The predicted molar refractivity (Wildman–Crippen MR) is 51.4 cm³/mol. The standard InChI is InChI=1S/C10H19NO2/c1-10(2,3)11-8(7-5-6-7)9(12)13-4/h7-8,11H,5-6H2,1-4H3. The fraction of sp³-hybridized carbons (Fsp3) is 0.900. The van der Waals surface area contributed by atoms with Crippen LogP contribution in [0.25, 0.3) is 0 Å². The molecule has 1 aliphatic carbocycles. The van der Waals surface area contributed by atoms with Crippen molar-refractivity contribution in [3.05, 3.63) is 0 Å². The van der Waals surface area contributed by atoms with Gasteiger partial charge in [-0.2, -0.15) is 0 Å². The number of methoxy groups -OCH3 is 1. The smallest absolute Gasteiger partial charge is 0.323 e. The molecule has 1 unspecified atom stereocenters. The molecule has 0 heterocycles. The second kappa shape index (κ2) is 3.66. The van der Waals surface area contributed by atoms with Gasteiger partial charge in [0.25, 0.3) is 0 Å². The molecule has 1 N–H and O–H groups in total. The third kappa shape index (κ3) is 3.35. The predicted octanol–water partition coefficient (Wildman–Crippen LogP) is 1.33. The second-order valence-corrected chi connectivity index (χ2v) is 4.73. The minimum Gasteiger partial charge on any atom is -0.468 e. The summed E-state index contributed by atoms with van der Waals surface area (Å²) >= 11 is 0. The molecule has 0 aromatic heterocycles. The lowest BCUT2D eigenvalue weighted by atomic mass is 10.0. The van der Waals surface area contributed by atoms with Gasteiger partial charge in [-0.05, 0) is 39.5 Å². The van der Waals surface area contributed by atoms with Crippen molar-refractivity contribution in [1.82, 2.24) is 5.32 Å². The van der Waals surface area contributed by atoms with Crippen LogP contribution >= 0.6 is 0 Å². The van der Waals surface area contributed by atoms with Gasteiger partial charge in [-0.1, -0.05) is 0 Å². The zero-order valence-corrected chi connectivity index (χ0v) is 8.89. The summed E-state index contributed by atoms with van der Waals surface area (Å²) in [5.74, 6) is 0.365. The van der Waals surface area contributed by atoms with E-state index in [0.717, 1.165) is 12.8 Å². The van der Waals surface area contributed by atoms with Crippen molar-refractivity contribution in [1.29, 1.82) is 0 Å². The summed E-state index contributed by atoms with van der Waals surface area (Å²) in [5.41, 5.74) is -0.0263. The maximum Gasteiger partial charge on any atom is 0.323 e. The topological polar surface area (TPSA) is 38.3 Å². The van der Waals surface area contributed by atoms with Gasteiger partial charge in [0.15, 0.2) is 0 Å². The molecule has 1 atom stereocenters. The highest BCUT2D eigenvalue weighted by Crippen LogP contribution is 2.33.